The first-order valence-electron chi connectivity index (χ1n) is 7.13. The van der Waals surface area contributed by atoms with Gasteiger partial charge < -0.3 is 10.2 Å². The van der Waals surface area contributed by atoms with E-state index < -0.39 is 4.92 Å². The molecule has 1 N–H and O–H groups in total. The number of likely N-dealkylation sites (tertiary alicyclic amines) is 1. The lowest BCUT2D eigenvalue weighted by Crippen LogP contribution is -2.38. The monoisotopic (exact) mass is 289 g/mol. The van der Waals surface area contributed by atoms with Crippen molar-refractivity contribution in [3.63, 3.8) is 0 Å². The molecule has 1 aromatic rings. The second kappa shape index (κ2) is 6.99. The van der Waals surface area contributed by atoms with E-state index in [-0.39, 0.29) is 23.1 Å². The summed E-state index contributed by atoms with van der Waals surface area (Å²) in [6.45, 7) is 4.97. The molecule has 0 amide bonds. The molecule has 1 aliphatic rings. The van der Waals surface area contributed by atoms with Gasteiger partial charge in [-0.3, -0.25) is 10.1 Å². The van der Waals surface area contributed by atoms with Gasteiger partial charge in [-0.2, -0.15) is 5.26 Å². The molecule has 1 fully saturated rings. The lowest BCUT2D eigenvalue weighted by molar-refractivity contribution is -0.384. The Morgan fingerprint density at radius 2 is 2.24 bits per heavy atom. The van der Waals surface area contributed by atoms with Crippen molar-refractivity contribution < 1.29 is 4.92 Å². The van der Waals surface area contributed by atoms with E-state index in [0.29, 0.717) is 0 Å². The Kier molecular flexibility index (Phi) is 5.06. The molecule has 1 aromatic heterocycles. The van der Waals surface area contributed by atoms with E-state index in [2.05, 4.69) is 15.2 Å². The van der Waals surface area contributed by atoms with E-state index in [1.54, 1.807) is 0 Å². The van der Waals surface area contributed by atoms with Crippen LogP contribution < -0.4 is 5.32 Å². The third kappa shape index (κ3) is 4.13. The van der Waals surface area contributed by atoms with Crippen LogP contribution >= 0.6 is 0 Å². The molecule has 0 aliphatic carbocycles. The molecule has 0 bridgehead atoms. The van der Waals surface area contributed by atoms with Gasteiger partial charge in [0.15, 0.2) is 0 Å². The Hall–Kier alpha value is -2.20. The van der Waals surface area contributed by atoms with E-state index in [1.807, 2.05) is 13.0 Å². The molecule has 0 aromatic carbocycles. The van der Waals surface area contributed by atoms with Crippen LogP contribution in [0.4, 0.5) is 11.5 Å². The van der Waals surface area contributed by atoms with E-state index >= 15 is 0 Å². The van der Waals surface area contributed by atoms with Crippen LogP contribution in [0, 0.1) is 21.4 Å². The zero-order valence-electron chi connectivity index (χ0n) is 12.1. The third-order valence-electron chi connectivity index (χ3n) is 3.56. The maximum absolute atomic E-state index is 11.1. The number of pyridine rings is 1. The fourth-order valence-corrected chi connectivity index (χ4v) is 2.57. The first kappa shape index (κ1) is 15.2. The number of nitrogens with one attached hydrogen (secondary N) is 1. The van der Waals surface area contributed by atoms with Gasteiger partial charge in [0.25, 0.3) is 0 Å². The molecule has 1 unspecified atom stereocenters. The number of hydrogen-bond donors (Lipinski definition) is 1. The molecule has 7 nitrogen and oxygen atoms in total. The van der Waals surface area contributed by atoms with E-state index in [4.69, 9.17) is 5.26 Å². The summed E-state index contributed by atoms with van der Waals surface area (Å²) in [6, 6.07) is 3.18. The molecule has 1 saturated heterocycles. The topological polar surface area (TPSA) is 95.1 Å². The van der Waals surface area contributed by atoms with Crippen molar-refractivity contribution >= 4 is 11.5 Å². The van der Waals surface area contributed by atoms with Gasteiger partial charge in [0, 0.05) is 24.8 Å². The number of aromatic nitrogens is 1. The number of piperidine rings is 1. The summed E-state index contributed by atoms with van der Waals surface area (Å²) in [5, 5.41) is 22.9. The number of rotatable bonds is 5. The molecule has 2 rings (SSSR count). The zero-order valence-corrected chi connectivity index (χ0v) is 12.1. The number of anilines is 1. The highest BCUT2D eigenvalue weighted by molar-refractivity contribution is 5.58. The van der Waals surface area contributed by atoms with Crippen LogP contribution in [0.3, 0.4) is 0 Å². The SMILES string of the molecule is CC(CN1CCCCC1)Nc1ncc(C#N)cc1[N+](=O)[O-]. The van der Waals surface area contributed by atoms with Crippen molar-refractivity contribution in [1.82, 2.24) is 9.88 Å². The fraction of sp³-hybridized carbons (Fsp3) is 0.571. The average molecular weight is 289 g/mol. The van der Waals surface area contributed by atoms with Gasteiger partial charge in [0.2, 0.25) is 5.82 Å². The van der Waals surface area contributed by atoms with Crippen molar-refractivity contribution in [2.75, 3.05) is 25.0 Å². The quantitative estimate of drug-likeness (QED) is 0.659. The molecule has 0 spiro atoms. The molecular weight excluding hydrogens is 270 g/mol. The minimum Gasteiger partial charge on any atom is -0.361 e. The van der Waals surface area contributed by atoms with Gasteiger partial charge in [-0.1, -0.05) is 6.42 Å². The molecule has 2 heterocycles. The predicted octanol–water partition coefficient (Wildman–Crippen LogP) is 2.15. The zero-order chi connectivity index (χ0) is 15.2. The Balaban J connectivity index is 2.04. The summed E-state index contributed by atoms with van der Waals surface area (Å²) in [5.41, 5.74) is 0.0375. The van der Waals surface area contributed by atoms with Crippen molar-refractivity contribution in [2.45, 2.75) is 32.2 Å². The first-order valence-corrected chi connectivity index (χ1v) is 7.13. The van der Waals surface area contributed by atoms with Gasteiger partial charge in [0.1, 0.15) is 6.07 Å². The first-order chi connectivity index (χ1) is 10.1. The molecule has 0 radical (unpaired) electrons. The van der Waals surface area contributed by atoms with Crippen LogP contribution in [-0.4, -0.2) is 40.5 Å². The van der Waals surface area contributed by atoms with E-state index in [0.717, 1.165) is 19.6 Å². The Labute approximate surface area is 123 Å². The summed E-state index contributed by atoms with van der Waals surface area (Å²) in [4.78, 5) is 16.9. The van der Waals surface area contributed by atoms with Crippen LogP contribution in [0.2, 0.25) is 0 Å². The molecule has 112 valence electrons. The molecule has 0 saturated carbocycles. The van der Waals surface area contributed by atoms with Crippen LogP contribution in [0.25, 0.3) is 0 Å². The van der Waals surface area contributed by atoms with E-state index in [1.165, 1.54) is 31.5 Å². The highest BCUT2D eigenvalue weighted by atomic mass is 16.6. The van der Waals surface area contributed by atoms with Crippen LogP contribution in [0.1, 0.15) is 31.7 Å². The number of nitriles is 1. The molecule has 7 heteroatoms. The smallest absolute Gasteiger partial charge is 0.312 e. The highest BCUT2D eigenvalue weighted by Gasteiger charge is 2.19. The summed E-state index contributed by atoms with van der Waals surface area (Å²) in [6.07, 6.45) is 5.05. The normalized spacial score (nSPS) is 17.0. The fourth-order valence-electron chi connectivity index (χ4n) is 2.57. The van der Waals surface area contributed by atoms with Gasteiger partial charge >= 0.3 is 5.69 Å². The summed E-state index contributed by atoms with van der Waals surface area (Å²) in [5.74, 6) is 0.225. The number of hydrogen-bond acceptors (Lipinski definition) is 6. The van der Waals surface area contributed by atoms with Gasteiger partial charge in [0.05, 0.1) is 10.5 Å². The Bertz CT molecular complexity index is 549. The maximum atomic E-state index is 11.1. The molecular formula is C14H19N5O2. The van der Waals surface area contributed by atoms with Crippen molar-refractivity contribution in [3.8, 4) is 6.07 Å². The molecule has 21 heavy (non-hydrogen) atoms. The van der Waals surface area contributed by atoms with Gasteiger partial charge in [-0.05, 0) is 32.9 Å². The summed E-state index contributed by atoms with van der Waals surface area (Å²) in [7, 11) is 0. The lowest BCUT2D eigenvalue weighted by Gasteiger charge is -2.29. The predicted molar refractivity (Wildman–Crippen MR) is 79.0 cm³/mol. The van der Waals surface area contributed by atoms with Gasteiger partial charge in [-0.15, -0.1) is 0 Å². The minimum atomic E-state index is -0.510. The highest BCUT2D eigenvalue weighted by Crippen LogP contribution is 2.23. The number of nitro groups is 1. The van der Waals surface area contributed by atoms with Crippen molar-refractivity contribution in [3.05, 3.63) is 27.9 Å². The third-order valence-corrected chi connectivity index (χ3v) is 3.56. The van der Waals surface area contributed by atoms with Crippen LogP contribution in [0.15, 0.2) is 12.3 Å². The van der Waals surface area contributed by atoms with Crippen molar-refractivity contribution in [2.24, 2.45) is 0 Å². The molecule has 1 atom stereocenters. The molecule has 1 aliphatic heterocycles. The lowest BCUT2D eigenvalue weighted by atomic mass is 10.1. The second-order valence-corrected chi connectivity index (χ2v) is 5.37. The van der Waals surface area contributed by atoms with Gasteiger partial charge in [-0.25, -0.2) is 4.98 Å². The van der Waals surface area contributed by atoms with Crippen molar-refractivity contribution in [1.29, 1.82) is 5.26 Å². The standard InChI is InChI=1S/C14H19N5O2/c1-11(10-18-5-3-2-4-6-18)17-14-13(19(20)21)7-12(8-15)9-16-14/h7,9,11H,2-6,10H2,1H3,(H,16,17). The Morgan fingerprint density at radius 1 is 1.52 bits per heavy atom. The van der Waals surface area contributed by atoms with Crippen LogP contribution in [-0.2, 0) is 0 Å². The minimum absolute atomic E-state index is 0.0576. The Morgan fingerprint density at radius 3 is 2.86 bits per heavy atom. The average Bonchev–Trinajstić information content (AvgIpc) is 2.48. The maximum Gasteiger partial charge on any atom is 0.312 e. The van der Waals surface area contributed by atoms with E-state index in [9.17, 15) is 10.1 Å². The summed E-state index contributed by atoms with van der Waals surface area (Å²) < 4.78 is 0. The number of nitrogens with zero attached hydrogens (tertiary/aromatic N) is 4. The van der Waals surface area contributed by atoms with Crippen LogP contribution in [0.5, 0.6) is 0 Å². The second-order valence-electron chi connectivity index (χ2n) is 5.37. The largest absolute Gasteiger partial charge is 0.361 e. The summed E-state index contributed by atoms with van der Waals surface area (Å²) >= 11 is 0.